The summed E-state index contributed by atoms with van der Waals surface area (Å²) in [4.78, 5) is 58.5. The Morgan fingerprint density at radius 1 is 0.301 bits per heavy atom. The van der Waals surface area contributed by atoms with E-state index in [4.69, 9.17) is 9.47 Å². The minimum absolute atomic E-state index is 0.0534. The fraction of sp³-hybridized carbons (Fsp3) is 0.945. The van der Waals surface area contributed by atoms with Gasteiger partial charge in [0.25, 0.3) is 0 Å². The fourth-order valence-electron chi connectivity index (χ4n) is 16.7. The molecule has 83 heavy (non-hydrogen) atoms. The molecule has 4 saturated carbocycles. The molecular formula is C73H132O10. The average Bonchev–Trinajstić information content (AvgIpc) is 3.00. The number of aliphatic hydroxyl groups excluding tert-OH is 4. The van der Waals surface area contributed by atoms with Gasteiger partial charge >= 0.3 is 11.9 Å². The Hall–Kier alpha value is -1.88. The van der Waals surface area contributed by atoms with Crippen molar-refractivity contribution in [1.29, 1.82) is 0 Å². The summed E-state index contributed by atoms with van der Waals surface area (Å²) in [6.45, 7) is 52.1. The van der Waals surface area contributed by atoms with Gasteiger partial charge in [-0.3, -0.25) is 19.2 Å². The number of aliphatic hydroxyl groups is 4. The van der Waals surface area contributed by atoms with E-state index in [1.165, 1.54) is 0 Å². The Kier molecular flexibility index (Phi) is 24.7. The minimum atomic E-state index is -1.30. The van der Waals surface area contributed by atoms with Crippen molar-refractivity contribution in [2.24, 2.45) is 120 Å². The largest absolute Gasteiger partial charge is 0.465 e. The van der Waals surface area contributed by atoms with Crippen LogP contribution in [0.1, 0.15) is 282 Å². The van der Waals surface area contributed by atoms with E-state index in [-0.39, 0.29) is 178 Å². The highest BCUT2D eigenvalue weighted by atomic mass is 16.5. The maximum absolute atomic E-state index is 14.9. The quantitative estimate of drug-likeness (QED) is 0.0862. The summed E-state index contributed by atoms with van der Waals surface area (Å²) in [5, 5.41) is 47.0. The molecule has 0 aromatic heterocycles. The van der Waals surface area contributed by atoms with Gasteiger partial charge in [-0.25, -0.2) is 0 Å². The van der Waals surface area contributed by atoms with Crippen LogP contribution in [0, 0.1) is 120 Å². The molecule has 4 rings (SSSR count). The first kappa shape index (κ1) is 73.6. The van der Waals surface area contributed by atoms with Crippen LogP contribution in [0.3, 0.4) is 0 Å². The summed E-state index contributed by atoms with van der Waals surface area (Å²) in [7, 11) is 0. The van der Waals surface area contributed by atoms with Crippen LogP contribution in [0.2, 0.25) is 0 Å². The molecule has 0 spiro atoms. The second kappa shape index (κ2) is 27.9. The van der Waals surface area contributed by atoms with Gasteiger partial charge in [0.1, 0.15) is 24.8 Å². The monoisotopic (exact) mass is 1170 g/mol. The molecule has 10 nitrogen and oxygen atoms in total. The lowest BCUT2D eigenvalue weighted by Crippen LogP contribution is -2.47. The third-order valence-electron chi connectivity index (χ3n) is 22.3. The molecule has 4 aliphatic rings. The van der Waals surface area contributed by atoms with Crippen molar-refractivity contribution in [3.05, 3.63) is 0 Å². The summed E-state index contributed by atoms with van der Waals surface area (Å²) in [5.41, 5.74) is -2.31. The molecule has 0 amide bonds. The van der Waals surface area contributed by atoms with Crippen LogP contribution in [-0.2, 0) is 28.7 Å². The van der Waals surface area contributed by atoms with E-state index >= 15 is 0 Å². The van der Waals surface area contributed by atoms with Crippen LogP contribution in [0.25, 0.3) is 0 Å². The Bertz CT molecular complexity index is 1840. The first-order valence-corrected chi connectivity index (χ1v) is 33.5. The van der Waals surface area contributed by atoms with Crippen LogP contribution in [0.4, 0.5) is 0 Å². The molecule has 8 atom stereocenters. The smallest absolute Gasteiger partial charge is 0.305 e. The van der Waals surface area contributed by atoms with Gasteiger partial charge in [-0.1, -0.05) is 166 Å². The maximum Gasteiger partial charge on any atom is 0.305 e. The second-order valence-electron chi connectivity index (χ2n) is 37.5. The van der Waals surface area contributed by atoms with Gasteiger partial charge < -0.3 is 29.9 Å². The number of carbonyl (C=O) groups excluding carboxylic acids is 4. The molecule has 8 unspecified atom stereocenters. The van der Waals surface area contributed by atoms with Gasteiger partial charge in [-0.2, -0.15) is 0 Å². The molecule has 0 aromatic carbocycles. The topological polar surface area (TPSA) is 168 Å². The molecule has 0 aliphatic heterocycles. The lowest BCUT2D eigenvalue weighted by Gasteiger charge is -2.49. The summed E-state index contributed by atoms with van der Waals surface area (Å²) in [6, 6.07) is 0. The molecule has 0 radical (unpaired) electrons. The minimum Gasteiger partial charge on any atom is -0.465 e. The molecule has 4 fully saturated rings. The Balaban J connectivity index is 1.70. The van der Waals surface area contributed by atoms with Crippen LogP contribution >= 0.6 is 0 Å². The maximum atomic E-state index is 14.9. The van der Waals surface area contributed by atoms with Crippen molar-refractivity contribution < 1.29 is 49.1 Å². The standard InChI is InChI=1S/C73H132O10/c1-65(2,3)51-33-45(34-52(61(51)78)66(4,5)6)25-29-49(74)41-73(42-50(75)30-26-46-35-53(67(7,8)9)62(79)54(36-46)68(10,11)12,43-82-59(76)31-27-47-37-55(69(13,14)15)63(80)56(38-47)70(16,17)18)44-83-60(77)32-28-48-39-57(71(19,20)21)64(81)58(40-48)72(22,23)24/h45-48,51-58,61-64,78-81H,25-44H2,1-24H3. The summed E-state index contributed by atoms with van der Waals surface area (Å²) >= 11 is 0. The second-order valence-corrected chi connectivity index (χ2v) is 37.5. The number of hydrogen-bond donors (Lipinski definition) is 4. The van der Waals surface area contributed by atoms with Crippen molar-refractivity contribution in [3.63, 3.8) is 0 Å². The highest BCUT2D eigenvalue weighted by molar-refractivity contribution is 5.83. The lowest BCUT2D eigenvalue weighted by molar-refractivity contribution is -0.159. The first-order valence-electron chi connectivity index (χ1n) is 33.5. The summed E-state index contributed by atoms with van der Waals surface area (Å²) in [5.74, 6) is 0.437. The Morgan fingerprint density at radius 3 is 0.639 bits per heavy atom. The Morgan fingerprint density at radius 2 is 0.470 bits per heavy atom. The van der Waals surface area contributed by atoms with E-state index in [2.05, 4.69) is 166 Å². The highest BCUT2D eigenvalue weighted by Gasteiger charge is 2.51. The molecule has 0 bridgehead atoms. The normalized spacial score (nSPS) is 32.8. The van der Waals surface area contributed by atoms with Crippen molar-refractivity contribution in [1.82, 2.24) is 0 Å². The SMILES string of the molecule is CC(C)(C)C1CC(CCC(=O)CC(COC(=O)CCC2CC(C(C)(C)C)C(O)C(C(C)(C)C)C2)(COC(=O)CCC2CC(C(C)(C)C)C(O)C(C(C)(C)C)C2)CC(=O)CCC2CC(C(C)(C)C)C(O)C(C(C)(C)C)C2)CC(C(C)(C)C)C1O. The number of Topliss-reactive ketones (excluding diaryl/α,β-unsaturated/α-hetero) is 2. The van der Waals surface area contributed by atoms with Gasteiger partial charge in [0.2, 0.25) is 0 Å². The van der Waals surface area contributed by atoms with Crippen LogP contribution in [0.5, 0.6) is 0 Å². The summed E-state index contributed by atoms with van der Waals surface area (Å²) in [6.07, 6.45) is 7.81. The van der Waals surface area contributed by atoms with E-state index in [9.17, 15) is 39.6 Å². The molecule has 10 heteroatoms. The van der Waals surface area contributed by atoms with Gasteiger partial charge in [-0.15, -0.1) is 0 Å². The number of carbonyl (C=O) groups is 4. The van der Waals surface area contributed by atoms with E-state index in [1.54, 1.807) is 0 Å². The number of rotatable bonds is 20. The van der Waals surface area contributed by atoms with Crippen molar-refractivity contribution in [2.45, 2.75) is 306 Å². The number of esters is 2. The van der Waals surface area contributed by atoms with Gasteiger partial charge in [0.05, 0.1) is 29.8 Å². The molecule has 4 aliphatic carbocycles. The van der Waals surface area contributed by atoms with Gasteiger partial charge in [-0.05, 0) is 191 Å². The number of ketones is 2. The van der Waals surface area contributed by atoms with E-state index in [1.807, 2.05) is 0 Å². The van der Waals surface area contributed by atoms with Crippen LogP contribution in [-0.4, -0.2) is 81.6 Å². The first-order chi connectivity index (χ1) is 37.4. The molecule has 484 valence electrons. The van der Waals surface area contributed by atoms with Crippen molar-refractivity contribution >= 4 is 23.5 Å². The third-order valence-corrected chi connectivity index (χ3v) is 22.3. The predicted octanol–water partition coefficient (Wildman–Crippen LogP) is 16.5. The zero-order valence-corrected chi connectivity index (χ0v) is 58.1. The summed E-state index contributed by atoms with van der Waals surface area (Å²) < 4.78 is 12.7. The van der Waals surface area contributed by atoms with E-state index < -0.39 is 41.8 Å². The Labute approximate surface area is 509 Å². The fourth-order valence-corrected chi connectivity index (χ4v) is 16.7. The van der Waals surface area contributed by atoms with Gasteiger partial charge in [0.15, 0.2) is 0 Å². The number of ether oxygens (including phenoxy) is 2. The molecule has 0 heterocycles. The van der Waals surface area contributed by atoms with Crippen molar-refractivity contribution in [3.8, 4) is 0 Å². The average molecular weight is 1170 g/mol. The van der Waals surface area contributed by atoms with E-state index in [0.29, 0.717) is 25.7 Å². The van der Waals surface area contributed by atoms with Crippen LogP contribution < -0.4 is 0 Å². The number of hydrogen-bond acceptors (Lipinski definition) is 10. The lowest BCUT2D eigenvalue weighted by atomic mass is 9.58. The molecular weight excluding hydrogens is 1040 g/mol. The van der Waals surface area contributed by atoms with Crippen molar-refractivity contribution in [2.75, 3.05) is 13.2 Å². The zero-order valence-electron chi connectivity index (χ0n) is 58.1. The highest BCUT2D eigenvalue weighted by Crippen LogP contribution is 2.54. The van der Waals surface area contributed by atoms with Crippen LogP contribution in [0.15, 0.2) is 0 Å². The van der Waals surface area contributed by atoms with Gasteiger partial charge in [0, 0.05) is 38.5 Å². The molecule has 0 aromatic rings. The predicted molar refractivity (Wildman–Crippen MR) is 339 cm³/mol. The zero-order chi connectivity index (χ0) is 63.6. The van der Waals surface area contributed by atoms with E-state index in [0.717, 1.165) is 51.4 Å². The molecule has 0 saturated heterocycles. The molecule has 4 N–H and O–H groups in total. The third kappa shape index (κ3) is 21.1.